The lowest BCUT2D eigenvalue weighted by Crippen LogP contribution is -2.47. The Balaban J connectivity index is 1.38. The summed E-state index contributed by atoms with van der Waals surface area (Å²) in [7, 11) is 1.60. The summed E-state index contributed by atoms with van der Waals surface area (Å²) in [6, 6.07) is 9.04. The van der Waals surface area contributed by atoms with E-state index >= 15 is 0 Å². The maximum absolute atomic E-state index is 12.3. The number of nitrogens with one attached hydrogen (secondary N) is 1. The van der Waals surface area contributed by atoms with E-state index in [1.54, 1.807) is 37.9 Å². The molecule has 148 valence electrons. The quantitative estimate of drug-likeness (QED) is 0.713. The normalized spacial score (nSPS) is 14.0. The van der Waals surface area contributed by atoms with Crippen LogP contribution in [0.2, 0.25) is 0 Å². The smallest absolute Gasteiger partial charge is 0.263 e. The van der Waals surface area contributed by atoms with E-state index in [2.05, 4.69) is 30.1 Å². The van der Waals surface area contributed by atoms with E-state index in [9.17, 15) is 9.59 Å². The summed E-state index contributed by atoms with van der Waals surface area (Å²) in [4.78, 5) is 41.8. The minimum atomic E-state index is -0.480. The van der Waals surface area contributed by atoms with Gasteiger partial charge < -0.3 is 19.7 Å². The molecule has 1 aliphatic heterocycles. The number of aromatic nitrogens is 4. The van der Waals surface area contributed by atoms with Crippen LogP contribution in [-0.4, -0.2) is 51.6 Å². The summed E-state index contributed by atoms with van der Waals surface area (Å²) < 4.78 is 1.36. The highest BCUT2D eigenvalue weighted by Gasteiger charge is 2.20. The molecule has 29 heavy (non-hydrogen) atoms. The van der Waals surface area contributed by atoms with Gasteiger partial charge in [0.2, 0.25) is 5.95 Å². The molecule has 0 spiro atoms. The van der Waals surface area contributed by atoms with Crippen molar-refractivity contribution in [1.82, 2.24) is 19.5 Å². The molecule has 1 saturated heterocycles. The number of carbonyl (C=O) groups excluding carboxylic acids is 1. The second-order valence-corrected chi connectivity index (χ2v) is 6.73. The van der Waals surface area contributed by atoms with Gasteiger partial charge in [0.05, 0.1) is 18.1 Å². The third-order valence-electron chi connectivity index (χ3n) is 4.80. The number of pyridine rings is 2. The van der Waals surface area contributed by atoms with Crippen LogP contribution in [0, 0.1) is 0 Å². The van der Waals surface area contributed by atoms with Crippen molar-refractivity contribution in [2.24, 2.45) is 7.05 Å². The highest BCUT2D eigenvalue weighted by molar-refractivity contribution is 6.03. The zero-order chi connectivity index (χ0) is 20.2. The Kier molecular flexibility index (Phi) is 5.19. The van der Waals surface area contributed by atoms with E-state index < -0.39 is 5.91 Å². The molecular formula is C20H21N7O2. The van der Waals surface area contributed by atoms with Crippen molar-refractivity contribution in [3.05, 3.63) is 71.0 Å². The largest absolute Gasteiger partial charge is 0.353 e. The fraction of sp³-hybridized carbons (Fsp3) is 0.250. The van der Waals surface area contributed by atoms with Gasteiger partial charge in [0.1, 0.15) is 11.4 Å². The van der Waals surface area contributed by atoms with E-state index in [0.717, 1.165) is 32.0 Å². The van der Waals surface area contributed by atoms with Crippen molar-refractivity contribution in [3.8, 4) is 0 Å². The highest BCUT2D eigenvalue weighted by atomic mass is 16.2. The number of aryl methyl sites for hydroxylation is 1. The third kappa shape index (κ3) is 4.08. The number of nitrogens with zero attached hydrogens (tertiary/aromatic N) is 6. The average Bonchev–Trinajstić information content (AvgIpc) is 2.77. The van der Waals surface area contributed by atoms with Crippen molar-refractivity contribution in [2.75, 3.05) is 41.3 Å². The summed E-state index contributed by atoms with van der Waals surface area (Å²) in [6.07, 6.45) is 6.51. The average molecular weight is 391 g/mol. The first-order chi connectivity index (χ1) is 14.1. The standard InChI is InChI=1S/C20H21N7O2/c1-25-8-4-5-16(19(25)29)18(28)24-15-13-22-20(23-14-15)27-11-9-26(10-12-27)17-6-2-3-7-21-17/h2-8,13-14H,9-12H2,1H3,(H,24,28). The Morgan fingerprint density at radius 1 is 0.966 bits per heavy atom. The lowest BCUT2D eigenvalue weighted by molar-refractivity contribution is 0.102. The van der Waals surface area contributed by atoms with Crippen LogP contribution in [0.3, 0.4) is 0 Å². The fourth-order valence-electron chi connectivity index (χ4n) is 3.19. The molecule has 3 aromatic rings. The monoisotopic (exact) mass is 391 g/mol. The molecule has 0 unspecified atom stereocenters. The van der Waals surface area contributed by atoms with Gasteiger partial charge in [-0.05, 0) is 24.3 Å². The molecule has 1 aliphatic rings. The predicted molar refractivity (Wildman–Crippen MR) is 110 cm³/mol. The van der Waals surface area contributed by atoms with E-state index in [1.807, 2.05) is 18.2 Å². The van der Waals surface area contributed by atoms with Crippen molar-refractivity contribution < 1.29 is 4.79 Å². The number of anilines is 3. The summed E-state index contributed by atoms with van der Waals surface area (Å²) >= 11 is 0. The summed E-state index contributed by atoms with van der Waals surface area (Å²) in [6.45, 7) is 3.22. The first-order valence-electron chi connectivity index (χ1n) is 9.32. The first-order valence-corrected chi connectivity index (χ1v) is 9.32. The molecule has 0 saturated carbocycles. The molecule has 9 nitrogen and oxygen atoms in total. The number of rotatable bonds is 4. The SMILES string of the molecule is Cn1cccc(C(=O)Nc2cnc(N3CCN(c4ccccn4)CC3)nc2)c1=O. The molecule has 0 bridgehead atoms. The molecular weight excluding hydrogens is 370 g/mol. The van der Waals surface area contributed by atoms with Crippen LogP contribution in [0.25, 0.3) is 0 Å². The Morgan fingerprint density at radius 3 is 2.38 bits per heavy atom. The summed E-state index contributed by atoms with van der Waals surface area (Å²) in [5.41, 5.74) is 0.162. The summed E-state index contributed by atoms with van der Waals surface area (Å²) in [5.74, 6) is 1.10. The van der Waals surface area contributed by atoms with Crippen LogP contribution in [0.5, 0.6) is 0 Å². The van der Waals surface area contributed by atoms with Gasteiger partial charge in [-0.15, -0.1) is 0 Å². The van der Waals surface area contributed by atoms with Gasteiger partial charge in [-0.25, -0.2) is 15.0 Å². The van der Waals surface area contributed by atoms with Gasteiger partial charge in [-0.3, -0.25) is 9.59 Å². The molecule has 1 amide bonds. The van der Waals surface area contributed by atoms with Gasteiger partial charge >= 0.3 is 0 Å². The predicted octanol–water partition coefficient (Wildman–Crippen LogP) is 1.15. The Morgan fingerprint density at radius 2 is 1.69 bits per heavy atom. The van der Waals surface area contributed by atoms with Gasteiger partial charge in [0, 0.05) is 45.6 Å². The van der Waals surface area contributed by atoms with Crippen LogP contribution >= 0.6 is 0 Å². The van der Waals surface area contributed by atoms with E-state index in [0.29, 0.717) is 11.6 Å². The third-order valence-corrected chi connectivity index (χ3v) is 4.80. The van der Waals surface area contributed by atoms with Crippen LogP contribution in [0.4, 0.5) is 17.5 Å². The molecule has 4 heterocycles. The molecule has 0 radical (unpaired) electrons. The number of hydrogen-bond acceptors (Lipinski definition) is 7. The van der Waals surface area contributed by atoms with Crippen LogP contribution < -0.4 is 20.7 Å². The highest BCUT2D eigenvalue weighted by Crippen LogP contribution is 2.16. The lowest BCUT2D eigenvalue weighted by atomic mass is 10.2. The maximum atomic E-state index is 12.3. The van der Waals surface area contributed by atoms with Crippen molar-refractivity contribution in [2.45, 2.75) is 0 Å². The topological polar surface area (TPSA) is 96.2 Å². The van der Waals surface area contributed by atoms with Crippen LogP contribution in [0.1, 0.15) is 10.4 Å². The molecule has 1 N–H and O–H groups in total. The Labute approximate surface area is 167 Å². The fourth-order valence-corrected chi connectivity index (χ4v) is 3.19. The minimum Gasteiger partial charge on any atom is -0.353 e. The molecule has 0 aliphatic carbocycles. The zero-order valence-corrected chi connectivity index (χ0v) is 16.0. The minimum absolute atomic E-state index is 0.0738. The van der Waals surface area contributed by atoms with Gasteiger partial charge in [-0.1, -0.05) is 6.07 Å². The number of amides is 1. The zero-order valence-electron chi connectivity index (χ0n) is 16.0. The lowest BCUT2D eigenvalue weighted by Gasteiger charge is -2.35. The molecule has 9 heteroatoms. The van der Waals surface area contributed by atoms with Crippen LogP contribution in [0.15, 0.2) is 59.9 Å². The second kappa shape index (κ2) is 8.09. The Bertz CT molecular complexity index is 1040. The number of carbonyl (C=O) groups is 1. The number of hydrogen-bond donors (Lipinski definition) is 1. The van der Waals surface area contributed by atoms with Gasteiger partial charge in [0.25, 0.3) is 11.5 Å². The second-order valence-electron chi connectivity index (χ2n) is 6.73. The molecule has 0 aromatic carbocycles. The van der Waals surface area contributed by atoms with Crippen molar-refractivity contribution in [3.63, 3.8) is 0 Å². The molecule has 1 fully saturated rings. The van der Waals surface area contributed by atoms with Crippen molar-refractivity contribution >= 4 is 23.4 Å². The first kappa shape index (κ1) is 18.6. The van der Waals surface area contributed by atoms with Gasteiger partial charge in [0.15, 0.2) is 0 Å². The van der Waals surface area contributed by atoms with E-state index in [4.69, 9.17) is 0 Å². The number of piperazine rings is 1. The van der Waals surface area contributed by atoms with Crippen molar-refractivity contribution in [1.29, 1.82) is 0 Å². The van der Waals surface area contributed by atoms with E-state index in [-0.39, 0.29) is 11.1 Å². The van der Waals surface area contributed by atoms with Crippen LogP contribution in [-0.2, 0) is 7.05 Å². The summed E-state index contributed by atoms with van der Waals surface area (Å²) in [5, 5.41) is 2.67. The van der Waals surface area contributed by atoms with E-state index in [1.165, 1.54) is 10.6 Å². The maximum Gasteiger partial charge on any atom is 0.263 e. The molecule has 0 atom stereocenters. The van der Waals surface area contributed by atoms with Gasteiger partial charge in [-0.2, -0.15) is 0 Å². The Hall–Kier alpha value is -3.75. The molecule has 4 rings (SSSR count). The molecule has 3 aromatic heterocycles.